The van der Waals surface area contributed by atoms with Crippen LogP contribution >= 0.6 is 0 Å². The number of benzene rings is 1. The van der Waals surface area contributed by atoms with Crippen LogP contribution in [0.1, 0.15) is 17.4 Å². The number of nitrogens with zero attached hydrogens (tertiary/aromatic N) is 4. The van der Waals surface area contributed by atoms with Gasteiger partial charge in [-0.05, 0) is 19.2 Å². The maximum atomic E-state index is 13.8. The van der Waals surface area contributed by atoms with Crippen LogP contribution in [0.3, 0.4) is 0 Å². The lowest BCUT2D eigenvalue weighted by Crippen LogP contribution is -2.49. The fourth-order valence-electron chi connectivity index (χ4n) is 2.79. The molecule has 0 spiro atoms. The van der Waals surface area contributed by atoms with Gasteiger partial charge in [0.25, 0.3) is 0 Å². The average molecular weight is 349 g/mol. The van der Waals surface area contributed by atoms with Crippen LogP contribution in [0, 0.1) is 17.1 Å². The van der Waals surface area contributed by atoms with Gasteiger partial charge >= 0.3 is 0 Å². The van der Waals surface area contributed by atoms with E-state index >= 15 is 0 Å². The molecule has 0 aliphatic carbocycles. The van der Waals surface area contributed by atoms with Crippen molar-refractivity contribution in [2.75, 3.05) is 26.7 Å². The summed E-state index contributed by atoms with van der Waals surface area (Å²) < 4.78 is 40.9. The lowest BCUT2D eigenvalue weighted by Gasteiger charge is -2.37. The Morgan fingerprint density at radius 2 is 2.21 bits per heavy atom. The second-order valence-electron chi connectivity index (χ2n) is 5.56. The molecule has 9 heteroatoms. The summed E-state index contributed by atoms with van der Waals surface area (Å²) in [7, 11) is -2.08. The van der Waals surface area contributed by atoms with Crippen LogP contribution in [0.4, 0.5) is 4.39 Å². The highest BCUT2D eigenvalue weighted by atomic mass is 32.2. The highest BCUT2D eigenvalue weighted by Crippen LogP contribution is 2.28. The van der Waals surface area contributed by atoms with Crippen LogP contribution in [0.2, 0.25) is 0 Å². The molecular formula is C15H16FN5O2S. The van der Waals surface area contributed by atoms with Crippen LogP contribution in [-0.4, -0.2) is 54.3 Å². The molecule has 2 aromatic rings. The number of likely N-dealkylation sites (N-methyl/N-ethyl adjacent to an activating group) is 1. The quantitative estimate of drug-likeness (QED) is 0.896. The summed E-state index contributed by atoms with van der Waals surface area (Å²) in [5.41, 5.74) is -0.453. The molecule has 1 aliphatic rings. The number of hydrogen-bond acceptors (Lipinski definition) is 5. The SMILES string of the molecule is CN1CCN(S(=O)(=O)c2cccc(F)c2C#N)CC1c1ncc[nH]1. The zero-order chi connectivity index (χ0) is 17.3. The Hall–Kier alpha value is -2.28. The standard InChI is InChI=1S/C15H16FN5O2S/c1-20-7-8-21(10-13(20)15-18-5-6-19-15)24(22,23)14-4-2-3-12(16)11(14)9-17/h2-6,13H,7-8,10H2,1H3,(H,18,19). The van der Waals surface area contributed by atoms with Crippen LogP contribution in [0.15, 0.2) is 35.5 Å². The Morgan fingerprint density at radius 3 is 2.88 bits per heavy atom. The Labute approximate surface area is 139 Å². The van der Waals surface area contributed by atoms with Gasteiger partial charge in [-0.2, -0.15) is 9.57 Å². The zero-order valence-electron chi connectivity index (χ0n) is 13.0. The molecule has 1 unspecified atom stereocenters. The molecule has 126 valence electrons. The molecule has 24 heavy (non-hydrogen) atoms. The van der Waals surface area contributed by atoms with E-state index in [2.05, 4.69) is 9.97 Å². The first-order valence-corrected chi connectivity index (χ1v) is 8.77. The summed E-state index contributed by atoms with van der Waals surface area (Å²) in [5, 5.41) is 9.11. The molecule has 1 N–H and O–H groups in total. The maximum absolute atomic E-state index is 13.8. The first kappa shape index (κ1) is 16.6. The Kier molecular flexibility index (Phi) is 4.36. The molecule has 1 aromatic carbocycles. The smallest absolute Gasteiger partial charge is 0.244 e. The van der Waals surface area contributed by atoms with Crippen molar-refractivity contribution in [3.63, 3.8) is 0 Å². The zero-order valence-corrected chi connectivity index (χ0v) is 13.8. The molecular weight excluding hydrogens is 333 g/mol. The van der Waals surface area contributed by atoms with Crippen LogP contribution < -0.4 is 0 Å². The number of hydrogen-bond donors (Lipinski definition) is 1. The van der Waals surface area contributed by atoms with Crippen molar-refractivity contribution >= 4 is 10.0 Å². The number of aromatic nitrogens is 2. The van der Waals surface area contributed by atoms with Crippen molar-refractivity contribution < 1.29 is 12.8 Å². The number of sulfonamides is 1. The van der Waals surface area contributed by atoms with E-state index in [1.807, 2.05) is 11.9 Å². The third-order valence-electron chi connectivity index (χ3n) is 4.15. The molecule has 0 amide bonds. The van der Waals surface area contributed by atoms with Crippen molar-refractivity contribution in [2.45, 2.75) is 10.9 Å². The minimum Gasteiger partial charge on any atom is -0.347 e. The first-order valence-electron chi connectivity index (χ1n) is 7.33. The number of aromatic amines is 1. The molecule has 0 saturated carbocycles. The highest BCUT2D eigenvalue weighted by Gasteiger charge is 2.36. The Bertz CT molecular complexity index is 876. The van der Waals surface area contributed by atoms with E-state index in [9.17, 15) is 12.8 Å². The topological polar surface area (TPSA) is 93.1 Å². The van der Waals surface area contributed by atoms with Crippen LogP contribution in [0.5, 0.6) is 0 Å². The second-order valence-corrected chi connectivity index (χ2v) is 7.47. The molecule has 0 radical (unpaired) electrons. The van der Waals surface area contributed by atoms with E-state index in [0.717, 1.165) is 6.07 Å². The maximum Gasteiger partial charge on any atom is 0.244 e. The van der Waals surface area contributed by atoms with Gasteiger partial charge < -0.3 is 4.98 Å². The van der Waals surface area contributed by atoms with E-state index in [1.165, 1.54) is 16.4 Å². The van der Waals surface area contributed by atoms with Gasteiger partial charge in [-0.3, -0.25) is 4.90 Å². The number of imidazole rings is 1. The third kappa shape index (κ3) is 2.80. The van der Waals surface area contributed by atoms with Gasteiger partial charge in [-0.1, -0.05) is 6.07 Å². The monoisotopic (exact) mass is 349 g/mol. The normalized spacial score (nSPS) is 20.0. The van der Waals surface area contributed by atoms with E-state index < -0.39 is 21.4 Å². The van der Waals surface area contributed by atoms with E-state index in [0.29, 0.717) is 12.4 Å². The molecule has 1 aliphatic heterocycles. The summed E-state index contributed by atoms with van der Waals surface area (Å²) in [4.78, 5) is 8.89. The molecule has 3 rings (SSSR count). The lowest BCUT2D eigenvalue weighted by molar-refractivity contribution is 0.142. The van der Waals surface area contributed by atoms with Gasteiger partial charge in [0.1, 0.15) is 28.2 Å². The molecule has 7 nitrogen and oxygen atoms in total. The van der Waals surface area contributed by atoms with Crippen molar-refractivity contribution in [3.8, 4) is 6.07 Å². The lowest BCUT2D eigenvalue weighted by atomic mass is 10.2. The van der Waals surface area contributed by atoms with Crippen LogP contribution in [-0.2, 0) is 10.0 Å². The van der Waals surface area contributed by atoms with Crippen molar-refractivity contribution in [1.29, 1.82) is 5.26 Å². The molecule has 1 fully saturated rings. The number of nitrogens with one attached hydrogen (secondary N) is 1. The fourth-order valence-corrected chi connectivity index (χ4v) is 4.38. The molecule has 1 aromatic heterocycles. The number of halogens is 1. The summed E-state index contributed by atoms with van der Waals surface area (Å²) >= 11 is 0. The van der Waals surface area contributed by atoms with Crippen molar-refractivity contribution in [2.24, 2.45) is 0 Å². The first-order chi connectivity index (χ1) is 11.4. The summed E-state index contributed by atoms with van der Waals surface area (Å²) in [5.74, 6) is -0.174. The molecule has 2 heterocycles. The molecule has 0 bridgehead atoms. The van der Waals surface area contributed by atoms with Gasteiger partial charge in [-0.25, -0.2) is 17.8 Å². The summed E-state index contributed by atoms with van der Waals surface area (Å²) in [6, 6.07) is 5.05. The van der Waals surface area contributed by atoms with E-state index in [4.69, 9.17) is 5.26 Å². The third-order valence-corrected chi connectivity index (χ3v) is 6.06. The second kappa shape index (κ2) is 6.32. The summed E-state index contributed by atoms with van der Waals surface area (Å²) in [6.07, 6.45) is 3.29. The van der Waals surface area contributed by atoms with Gasteiger partial charge in [0.05, 0.1) is 6.04 Å². The number of H-pyrrole nitrogens is 1. The predicted molar refractivity (Wildman–Crippen MR) is 83.8 cm³/mol. The van der Waals surface area contributed by atoms with Crippen molar-refractivity contribution in [1.82, 2.24) is 19.2 Å². The minimum absolute atomic E-state index is 0.174. The minimum atomic E-state index is -3.97. The fraction of sp³-hybridized carbons (Fsp3) is 0.333. The molecule has 1 atom stereocenters. The van der Waals surface area contributed by atoms with E-state index in [-0.39, 0.29) is 24.0 Å². The Morgan fingerprint density at radius 1 is 1.42 bits per heavy atom. The average Bonchev–Trinajstić information content (AvgIpc) is 3.09. The largest absolute Gasteiger partial charge is 0.347 e. The number of piperazine rings is 1. The number of nitriles is 1. The molecule has 1 saturated heterocycles. The van der Waals surface area contributed by atoms with Gasteiger partial charge in [0.15, 0.2) is 0 Å². The van der Waals surface area contributed by atoms with Gasteiger partial charge in [0, 0.05) is 32.0 Å². The van der Waals surface area contributed by atoms with Gasteiger partial charge in [0.2, 0.25) is 10.0 Å². The van der Waals surface area contributed by atoms with Crippen molar-refractivity contribution in [3.05, 3.63) is 47.8 Å². The number of rotatable bonds is 3. The van der Waals surface area contributed by atoms with Crippen LogP contribution in [0.25, 0.3) is 0 Å². The van der Waals surface area contributed by atoms with E-state index in [1.54, 1.807) is 18.5 Å². The summed E-state index contributed by atoms with van der Waals surface area (Å²) in [6.45, 7) is 0.937. The predicted octanol–water partition coefficient (Wildman–Crippen LogP) is 1.10. The van der Waals surface area contributed by atoms with Gasteiger partial charge in [-0.15, -0.1) is 0 Å². The highest BCUT2D eigenvalue weighted by molar-refractivity contribution is 7.89. The Balaban J connectivity index is 1.96.